The Kier molecular flexibility index (Phi) is 7.74. The highest BCUT2D eigenvalue weighted by atomic mass is 19.4. The molecule has 5 N–H and O–H groups in total. The number of ether oxygens (including phenoxy) is 1. The van der Waals surface area contributed by atoms with Crippen LogP contribution < -0.4 is 21.5 Å². The van der Waals surface area contributed by atoms with E-state index in [1.54, 1.807) is 18.2 Å². The van der Waals surface area contributed by atoms with Gasteiger partial charge in [-0.1, -0.05) is 18.2 Å². The molecule has 0 aliphatic heterocycles. The van der Waals surface area contributed by atoms with Crippen molar-refractivity contribution in [2.75, 3.05) is 18.4 Å². The molecule has 2 aromatic rings. The third-order valence-electron chi connectivity index (χ3n) is 4.04. The van der Waals surface area contributed by atoms with E-state index in [4.69, 9.17) is 11.5 Å². The predicted octanol–water partition coefficient (Wildman–Crippen LogP) is 2.80. The Morgan fingerprint density at radius 2 is 1.59 bits per heavy atom. The van der Waals surface area contributed by atoms with Gasteiger partial charge >= 0.3 is 12.1 Å². The van der Waals surface area contributed by atoms with Crippen molar-refractivity contribution in [3.63, 3.8) is 0 Å². The van der Waals surface area contributed by atoms with E-state index in [2.05, 4.69) is 10.1 Å². The van der Waals surface area contributed by atoms with Crippen LogP contribution in [0.3, 0.4) is 0 Å². The summed E-state index contributed by atoms with van der Waals surface area (Å²) >= 11 is 0. The first-order valence-corrected chi connectivity index (χ1v) is 8.97. The first kappa shape index (κ1) is 22.4. The monoisotopic (exact) mass is 409 g/mol. The van der Waals surface area contributed by atoms with Crippen LogP contribution in [-0.4, -0.2) is 31.1 Å². The van der Waals surface area contributed by atoms with E-state index >= 15 is 0 Å². The van der Waals surface area contributed by atoms with Gasteiger partial charge in [-0.2, -0.15) is 13.2 Å². The number of carbonyl (C=O) groups is 2. The second-order valence-electron chi connectivity index (χ2n) is 6.30. The van der Waals surface area contributed by atoms with Gasteiger partial charge < -0.3 is 21.5 Å². The standard InChI is InChI=1S/C20H22F3N3O3/c21-20(22,23)19(28)29-17-12-14(9-11-25)5-8-16(17)18(27)26-15-6-3-13(4-7-15)2-1-10-24/h3-8,12H,1-2,9-11,24-25H2,(H,26,27). The highest BCUT2D eigenvalue weighted by molar-refractivity contribution is 6.06. The van der Waals surface area contributed by atoms with Gasteiger partial charge in [0, 0.05) is 5.69 Å². The van der Waals surface area contributed by atoms with E-state index in [0.717, 1.165) is 18.4 Å². The van der Waals surface area contributed by atoms with Crippen molar-refractivity contribution >= 4 is 17.6 Å². The van der Waals surface area contributed by atoms with Crippen molar-refractivity contribution in [2.45, 2.75) is 25.4 Å². The van der Waals surface area contributed by atoms with Gasteiger partial charge in [0.15, 0.2) is 0 Å². The largest absolute Gasteiger partial charge is 0.491 e. The lowest BCUT2D eigenvalue weighted by Crippen LogP contribution is -2.29. The van der Waals surface area contributed by atoms with E-state index in [1.165, 1.54) is 12.1 Å². The molecule has 0 aliphatic rings. The second-order valence-corrected chi connectivity index (χ2v) is 6.30. The highest BCUT2D eigenvalue weighted by Crippen LogP contribution is 2.26. The topological polar surface area (TPSA) is 107 Å². The fraction of sp³-hybridized carbons (Fsp3) is 0.300. The Morgan fingerprint density at radius 3 is 2.17 bits per heavy atom. The fourth-order valence-corrected chi connectivity index (χ4v) is 2.58. The number of rotatable bonds is 8. The summed E-state index contributed by atoms with van der Waals surface area (Å²) in [5.41, 5.74) is 12.8. The third-order valence-corrected chi connectivity index (χ3v) is 4.04. The van der Waals surface area contributed by atoms with Crippen molar-refractivity contribution in [1.29, 1.82) is 0 Å². The van der Waals surface area contributed by atoms with E-state index in [0.29, 0.717) is 24.2 Å². The number of benzene rings is 2. The minimum atomic E-state index is -5.18. The van der Waals surface area contributed by atoms with E-state index in [1.807, 2.05) is 12.1 Å². The number of nitrogens with two attached hydrogens (primary N) is 2. The Hall–Kier alpha value is -2.91. The summed E-state index contributed by atoms with van der Waals surface area (Å²) in [6, 6.07) is 11.0. The van der Waals surface area contributed by atoms with Crippen molar-refractivity contribution in [1.82, 2.24) is 0 Å². The van der Waals surface area contributed by atoms with Crippen molar-refractivity contribution in [3.8, 4) is 5.75 Å². The van der Waals surface area contributed by atoms with Gasteiger partial charge in [-0.15, -0.1) is 0 Å². The predicted molar refractivity (Wildman–Crippen MR) is 103 cm³/mol. The molecule has 0 bridgehead atoms. The lowest BCUT2D eigenvalue weighted by molar-refractivity contribution is -0.189. The lowest BCUT2D eigenvalue weighted by Gasteiger charge is -2.13. The molecule has 0 saturated carbocycles. The van der Waals surface area contributed by atoms with Gasteiger partial charge in [0.25, 0.3) is 5.91 Å². The number of hydrogen-bond acceptors (Lipinski definition) is 5. The highest BCUT2D eigenvalue weighted by Gasteiger charge is 2.42. The van der Waals surface area contributed by atoms with E-state index in [-0.39, 0.29) is 12.1 Å². The molecule has 0 fully saturated rings. The molecule has 0 aliphatic carbocycles. The molecule has 1 amide bonds. The summed E-state index contributed by atoms with van der Waals surface area (Å²) in [6.45, 7) is 0.812. The van der Waals surface area contributed by atoms with Gasteiger partial charge in [-0.05, 0) is 67.7 Å². The molecule has 0 heterocycles. The van der Waals surface area contributed by atoms with Crippen LogP contribution in [0.15, 0.2) is 42.5 Å². The summed E-state index contributed by atoms with van der Waals surface area (Å²) in [6.07, 6.45) is -3.21. The summed E-state index contributed by atoms with van der Waals surface area (Å²) in [4.78, 5) is 23.8. The Balaban J connectivity index is 2.22. The van der Waals surface area contributed by atoms with Crippen molar-refractivity contribution < 1.29 is 27.5 Å². The average Bonchev–Trinajstić information content (AvgIpc) is 2.67. The Bertz CT molecular complexity index is 852. The summed E-state index contributed by atoms with van der Waals surface area (Å²) < 4.78 is 42.2. The quantitative estimate of drug-likeness (QED) is 0.459. The maximum Gasteiger partial charge on any atom is 0.491 e. The summed E-state index contributed by atoms with van der Waals surface area (Å²) in [7, 11) is 0. The SMILES string of the molecule is NCCCc1ccc(NC(=O)c2ccc(CCN)cc2OC(=O)C(F)(F)F)cc1. The molecule has 2 aromatic carbocycles. The summed E-state index contributed by atoms with van der Waals surface area (Å²) in [5.74, 6) is -3.58. The first-order chi connectivity index (χ1) is 13.7. The maximum atomic E-state index is 12.6. The molecule has 0 saturated heterocycles. The van der Waals surface area contributed by atoms with Gasteiger partial charge in [0.05, 0.1) is 5.56 Å². The normalized spacial score (nSPS) is 11.2. The fourth-order valence-electron chi connectivity index (χ4n) is 2.58. The van der Waals surface area contributed by atoms with Crippen LogP contribution in [0.1, 0.15) is 27.9 Å². The molecule has 0 spiro atoms. The van der Waals surface area contributed by atoms with Crippen LogP contribution in [0.25, 0.3) is 0 Å². The zero-order chi connectivity index (χ0) is 21.4. The van der Waals surface area contributed by atoms with E-state index in [9.17, 15) is 22.8 Å². The third kappa shape index (κ3) is 6.58. The number of halogens is 3. The van der Waals surface area contributed by atoms with Crippen LogP contribution >= 0.6 is 0 Å². The number of aryl methyl sites for hydroxylation is 1. The zero-order valence-electron chi connectivity index (χ0n) is 15.6. The molecule has 0 atom stereocenters. The van der Waals surface area contributed by atoms with Crippen LogP contribution in [0.2, 0.25) is 0 Å². The molecule has 0 aromatic heterocycles. The first-order valence-electron chi connectivity index (χ1n) is 8.97. The number of nitrogens with one attached hydrogen (secondary N) is 1. The minimum Gasteiger partial charge on any atom is -0.419 e. The molecule has 156 valence electrons. The molecule has 9 heteroatoms. The van der Waals surface area contributed by atoms with Gasteiger partial charge in [0.1, 0.15) is 5.75 Å². The van der Waals surface area contributed by atoms with Gasteiger partial charge in [0.2, 0.25) is 0 Å². The molecule has 6 nitrogen and oxygen atoms in total. The summed E-state index contributed by atoms with van der Waals surface area (Å²) in [5, 5.41) is 2.58. The van der Waals surface area contributed by atoms with Crippen LogP contribution in [0, 0.1) is 0 Å². The maximum absolute atomic E-state index is 12.6. The Morgan fingerprint density at radius 1 is 0.931 bits per heavy atom. The molecule has 0 unspecified atom stereocenters. The Labute approximate surface area is 166 Å². The molecule has 2 rings (SSSR count). The second kappa shape index (κ2) is 10.0. The number of hydrogen-bond donors (Lipinski definition) is 3. The van der Waals surface area contributed by atoms with E-state index < -0.39 is 23.8 Å². The number of anilines is 1. The van der Waals surface area contributed by atoms with Gasteiger partial charge in [-0.25, -0.2) is 4.79 Å². The van der Waals surface area contributed by atoms with Crippen LogP contribution in [0.5, 0.6) is 5.75 Å². The number of carbonyl (C=O) groups excluding carboxylic acids is 2. The lowest BCUT2D eigenvalue weighted by atomic mass is 10.1. The number of amides is 1. The smallest absolute Gasteiger partial charge is 0.419 e. The molecule has 0 radical (unpaired) electrons. The average molecular weight is 409 g/mol. The zero-order valence-corrected chi connectivity index (χ0v) is 15.6. The molecule has 29 heavy (non-hydrogen) atoms. The van der Waals surface area contributed by atoms with Gasteiger partial charge in [-0.3, -0.25) is 4.79 Å². The van der Waals surface area contributed by atoms with Crippen molar-refractivity contribution in [2.24, 2.45) is 11.5 Å². The van der Waals surface area contributed by atoms with Crippen LogP contribution in [-0.2, 0) is 17.6 Å². The number of esters is 1. The van der Waals surface area contributed by atoms with Crippen molar-refractivity contribution in [3.05, 3.63) is 59.2 Å². The number of alkyl halides is 3. The minimum absolute atomic E-state index is 0.199. The molecular weight excluding hydrogens is 387 g/mol. The molecular formula is C20H22F3N3O3. The van der Waals surface area contributed by atoms with Crippen LogP contribution in [0.4, 0.5) is 18.9 Å².